The molecular weight excluding hydrogens is 298 g/mol. The Hall–Kier alpha value is -1.73. The van der Waals surface area contributed by atoms with Crippen molar-refractivity contribution in [1.82, 2.24) is 0 Å². The Balaban J connectivity index is 2.25. The Labute approximate surface area is 129 Å². The highest BCUT2D eigenvalue weighted by Gasteiger charge is 2.56. The van der Waals surface area contributed by atoms with Gasteiger partial charge in [0.05, 0.1) is 0 Å². The van der Waals surface area contributed by atoms with E-state index in [1.165, 1.54) is 0 Å². The van der Waals surface area contributed by atoms with Gasteiger partial charge in [-0.1, -0.05) is 60.7 Å². The lowest BCUT2D eigenvalue weighted by Crippen LogP contribution is -2.43. The molecule has 0 bridgehead atoms. The van der Waals surface area contributed by atoms with Gasteiger partial charge in [-0.05, 0) is 19.3 Å². The number of rotatable bonds is 3. The molecule has 1 saturated carbocycles. The van der Waals surface area contributed by atoms with Crippen molar-refractivity contribution in [3.63, 3.8) is 0 Å². The van der Waals surface area contributed by atoms with E-state index in [-0.39, 0.29) is 12.8 Å². The third kappa shape index (κ3) is 2.24. The fraction of sp³-hybridized carbons (Fsp3) is 0.278. The zero-order valence-electron chi connectivity index (χ0n) is 12.2. The SMILES string of the molecule is O=C1CCCCC1(F)P(=O)(c1ccccc1)c1ccccc1. The second-order valence-electron chi connectivity index (χ2n) is 5.67. The molecule has 0 spiro atoms. The summed E-state index contributed by atoms with van der Waals surface area (Å²) >= 11 is 0. The number of hydrogen-bond donors (Lipinski definition) is 0. The summed E-state index contributed by atoms with van der Waals surface area (Å²) in [5.41, 5.74) is 0. The van der Waals surface area contributed by atoms with E-state index >= 15 is 4.39 Å². The number of benzene rings is 2. The minimum Gasteiger partial charge on any atom is -0.310 e. The quantitative estimate of drug-likeness (QED) is 0.807. The Morgan fingerprint density at radius 3 is 1.82 bits per heavy atom. The summed E-state index contributed by atoms with van der Waals surface area (Å²) in [6, 6.07) is 17.2. The average Bonchev–Trinajstić information content (AvgIpc) is 2.58. The molecule has 0 N–H and O–H groups in total. The van der Waals surface area contributed by atoms with Crippen LogP contribution < -0.4 is 10.6 Å². The number of halogens is 1. The molecule has 0 radical (unpaired) electrons. The summed E-state index contributed by atoms with van der Waals surface area (Å²) in [4.78, 5) is 12.4. The van der Waals surface area contributed by atoms with Gasteiger partial charge in [0.25, 0.3) is 0 Å². The first-order chi connectivity index (χ1) is 10.6. The number of Topliss-reactive ketones (excluding diaryl/α,β-unsaturated/α-hetero) is 1. The van der Waals surface area contributed by atoms with Crippen molar-refractivity contribution in [2.24, 2.45) is 0 Å². The van der Waals surface area contributed by atoms with Crippen LogP contribution in [0.1, 0.15) is 25.7 Å². The molecule has 0 amide bonds. The first-order valence-electron chi connectivity index (χ1n) is 7.52. The second kappa shape index (κ2) is 5.81. The van der Waals surface area contributed by atoms with Gasteiger partial charge in [-0.3, -0.25) is 4.79 Å². The molecule has 22 heavy (non-hydrogen) atoms. The standard InChI is InChI=1S/C18H18FO2P/c19-18(14-8-7-13-17(18)20)22(21,15-9-3-1-4-10-15)16-11-5-2-6-12-16/h1-6,9-12H,7-8,13-14H2. The van der Waals surface area contributed by atoms with E-state index in [0.717, 1.165) is 0 Å². The topological polar surface area (TPSA) is 34.1 Å². The lowest BCUT2D eigenvalue weighted by Gasteiger charge is -2.36. The molecule has 1 aliphatic rings. The van der Waals surface area contributed by atoms with E-state index < -0.39 is 18.3 Å². The molecule has 0 heterocycles. The summed E-state index contributed by atoms with van der Waals surface area (Å²) in [5, 5.41) is -1.45. The van der Waals surface area contributed by atoms with E-state index in [9.17, 15) is 9.36 Å². The van der Waals surface area contributed by atoms with Gasteiger partial charge in [-0.25, -0.2) is 4.39 Å². The van der Waals surface area contributed by atoms with E-state index in [1.54, 1.807) is 60.7 Å². The first-order valence-corrected chi connectivity index (χ1v) is 9.23. The predicted octanol–water partition coefficient (Wildman–Crippen LogP) is 3.81. The zero-order valence-corrected chi connectivity index (χ0v) is 13.1. The number of alkyl halides is 1. The summed E-state index contributed by atoms with van der Waals surface area (Å²) in [6.45, 7) is 0. The third-order valence-corrected chi connectivity index (χ3v) is 7.85. The van der Waals surface area contributed by atoms with Crippen LogP contribution in [0.15, 0.2) is 60.7 Å². The summed E-state index contributed by atoms with van der Waals surface area (Å²) in [7, 11) is -3.68. The monoisotopic (exact) mass is 316 g/mol. The predicted molar refractivity (Wildman–Crippen MR) is 87.1 cm³/mol. The van der Waals surface area contributed by atoms with Crippen molar-refractivity contribution in [2.75, 3.05) is 0 Å². The molecule has 0 saturated heterocycles. The number of carbonyl (C=O) groups is 1. The maximum Gasteiger partial charge on any atom is 0.228 e. The van der Waals surface area contributed by atoms with Crippen molar-refractivity contribution < 1.29 is 13.8 Å². The van der Waals surface area contributed by atoms with Crippen LogP contribution >= 0.6 is 7.14 Å². The van der Waals surface area contributed by atoms with Gasteiger partial charge in [0.2, 0.25) is 5.41 Å². The minimum absolute atomic E-state index is 0.0346. The number of hydrogen-bond acceptors (Lipinski definition) is 2. The smallest absolute Gasteiger partial charge is 0.228 e. The highest BCUT2D eigenvalue weighted by atomic mass is 31.2. The molecule has 0 aliphatic heterocycles. The van der Waals surface area contributed by atoms with E-state index in [0.29, 0.717) is 23.5 Å². The van der Waals surface area contributed by atoms with Crippen molar-refractivity contribution in [3.05, 3.63) is 60.7 Å². The van der Waals surface area contributed by atoms with Crippen LogP contribution in [-0.4, -0.2) is 11.2 Å². The Kier molecular flexibility index (Phi) is 4.01. The fourth-order valence-corrected chi connectivity index (χ4v) is 6.38. The van der Waals surface area contributed by atoms with Crippen molar-refractivity contribution >= 4 is 23.5 Å². The third-order valence-electron chi connectivity index (χ3n) is 4.33. The van der Waals surface area contributed by atoms with Gasteiger partial charge >= 0.3 is 0 Å². The zero-order chi connectivity index (χ0) is 15.6. The molecule has 2 aromatic carbocycles. The van der Waals surface area contributed by atoms with Crippen LogP contribution in [0.2, 0.25) is 0 Å². The van der Waals surface area contributed by atoms with Gasteiger partial charge in [-0.2, -0.15) is 0 Å². The van der Waals surface area contributed by atoms with E-state index in [2.05, 4.69) is 0 Å². The fourth-order valence-electron chi connectivity index (χ4n) is 3.14. The minimum atomic E-state index is -3.68. The molecule has 1 fully saturated rings. The number of carbonyl (C=O) groups excluding carboxylic acids is 1. The maximum atomic E-state index is 15.8. The van der Waals surface area contributed by atoms with Crippen LogP contribution in [0.25, 0.3) is 0 Å². The molecule has 2 nitrogen and oxygen atoms in total. The Morgan fingerprint density at radius 2 is 1.36 bits per heavy atom. The highest BCUT2D eigenvalue weighted by molar-refractivity contribution is 7.80. The van der Waals surface area contributed by atoms with Gasteiger partial charge in [0.1, 0.15) is 0 Å². The normalized spacial score (nSPS) is 22.5. The molecule has 3 rings (SSSR count). The van der Waals surface area contributed by atoms with Gasteiger partial charge < -0.3 is 4.57 Å². The van der Waals surface area contributed by atoms with E-state index in [1.807, 2.05) is 0 Å². The van der Waals surface area contributed by atoms with E-state index in [4.69, 9.17) is 0 Å². The number of ketones is 1. The van der Waals surface area contributed by atoms with Crippen LogP contribution in [0.5, 0.6) is 0 Å². The molecule has 1 atom stereocenters. The molecule has 1 aliphatic carbocycles. The van der Waals surface area contributed by atoms with Crippen molar-refractivity contribution in [3.8, 4) is 0 Å². The largest absolute Gasteiger partial charge is 0.310 e. The van der Waals surface area contributed by atoms with Gasteiger partial charge in [0.15, 0.2) is 12.9 Å². The molecule has 0 aromatic heterocycles. The average molecular weight is 316 g/mol. The van der Waals surface area contributed by atoms with Crippen molar-refractivity contribution in [2.45, 2.75) is 31.1 Å². The molecular formula is C18H18FO2P. The van der Waals surface area contributed by atoms with Crippen LogP contribution in [0, 0.1) is 0 Å². The van der Waals surface area contributed by atoms with Crippen LogP contribution in [0.3, 0.4) is 0 Å². The molecule has 1 unspecified atom stereocenters. The lowest BCUT2D eigenvalue weighted by molar-refractivity contribution is -0.127. The lowest BCUT2D eigenvalue weighted by atomic mass is 9.97. The van der Waals surface area contributed by atoms with Gasteiger partial charge in [0, 0.05) is 17.0 Å². The maximum absolute atomic E-state index is 15.8. The summed E-state index contributed by atoms with van der Waals surface area (Å²) < 4.78 is 29.7. The van der Waals surface area contributed by atoms with Gasteiger partial charge in [-0.15, -0.1) is 0 Å². The van der Waals surface area contributed by atoms with Crippen LogP contribution in [-0.2, 0) is 9.36 Å². The molecule has 114 valence electrons. The summed E-state index contributed by atoms with van der Waals surface area (Å²) in [6.07, 6.45) is 1.47. The molecule has 2 aromatic rings. The van der Waals surface area contributed by atoms with Crippen molar-refractivity contribution in [1.29, 1.82) is 0 Å². The molecule has 4 heteroatoms. The second-order valence-corrected chi connectivity index (χ2v) is 8.63. The summed E-state index contributed by atoms with van der Waals surface area (Å²) in [5.74, 6) is -0.519. The van der Waals surface area contributed by atoms with Crippen LogP contribution in [0.4, 0.5) is 4.39 Å². The first kappa shape index (κ1) is 15.2. The highest BCUT2D eigenvalue weighted by Crippen LogP contribution is 2.61. The Bertz CT molecular complexity index is 671. The Morgan fingerprint density at radius 1 is 0.864 bits per heavy atom.